The van der Waals surface area contributed by atoms with Crippen LogP contribution in [0.15, 0.2) is 66.9 Å². The van der Waals surface area contributed by atoms with Crippen LogP contribution in [-0.4, -0.2) is 41.5 Å². The van der Waals surface area contributed by atoms with Crippen molar-refractivity contribution in [1.29, 1.82) is 0 Å². The van der Waals surface area contributed by atoms with Crippen LogP contribution in [0.1, 0.15) is 12.5 Å². The molecule has 1 aliphatic rings. The van der Waals surface area contributed by atoms with Crippen LogP contribution >= 0.6 is 11.3 Å². The van der Waals surface area contributed by atoms with Gasteiger partial charge in [-0.05, 0) is 18.1 Å². The number of nitrogens with one attached hydrogen (secondary N) is 1. The summed E-state index contributed by atoms with van der Waals surface area (Å²) in [6, 6.07) is 20.0. The molecule has 1 saturated heterocycles. The number of ether oxygens (including phenoxy) is 1. The summed E-state index contributed by atoms with van der Waals surface area (Å²) in [5.74, 6) is -1.48. The Morgan fingerprint density at radius 1 is 1.06 bits per heavy atom. The first-order chi connectivity index (χ1) is 15.1. The van der Waals surface area contributed by atoms with Gasteiger partial charge in [0.2, 0.25) is 5.91 Å². The number of esters is 1. The van der Waals surface area contributed by atoms with E-state index in [2.05, 4.69) is 15.2 Å². The molecule has 4 rings (SSSR count). The Labute approximate surface area is 185 Å². The fourth-order valence-corrected chi connectivity index (χ4v) is 4.70. The van der Waals surface area contributed by atoms with Gasteiger partial charge in [-0.15, -0.1) is 0 Å². The van der Waals surface area contributed by atoms with Crippen molar-refractivity contribution < 1.29 is 14.3 Å². The van der Waals surface area contributed by atoms with Crippen molar-refractivity contribution >= 4 is 28.3 Å². The number of likely N-dealkylation sites (tertiary alicyclic amines) is 1. The zero-order chi connectivity index (χ0) is 21.6. The Hall–Kier alpha value is -3.03. The average Bonchev–Trinajstić information content (AvgIpc) is 3.43. The smallest absolute Gasteiger partial charge is 0.311 e. The van der Waals surface area contributed by atoms with Gasteiger partial charge in [-0.1, -0.05) is 72.0 Å². The Morgan fingerprint density at radius 2 is 1.74 bits per heavy atom. The number of hydrogen-bond acceptors (Lipinski definition) is 6. The molecular weight excluding hydrogens is 410 g/mol. The number of carbonyl (C=O) groups is 2. The van der Waals surface area contributed by atoms with E-state index in [4.69, 9.17) is 4.74 Å². The first kappa shape index (κ1) is 21.2. The summed E-state index contributed by atoms with van der Waals surface area (Å²) in [5.41, 5.74) is 2.21. The Bertz CT molecular complexity index is 1020. The molecule has 1 N–H and O–H groups in total. The van der Waals surface area contributed by atoms with Gasteiger partial charge in [0, 0.05) is 25.8 Å². The second kappa shape index (κ2) is 9.85. The number of thiazole rings is 1. The molecule has 1 fully saturated rings. The lowest BCUT2D eigenvalue weighted by Gasteiger charge is -2.15. The summed E-state index contributed by atoms with van der Waals surface area (Å²) in [4.78, 5) is 33.1. The highest BCUT2D eigenvalue weighted by molar-refractivity contribution is 7.19. The lowest BCUT2D eigenvalue weighted by Crippen LogP contribution is -2.33. The predicted octanol–water partition coefficient (Wildman–Crippen LogP) is 4.06. The molecule has 0 bridgehead atoms. The molecule has 160 valence electrons. The highest BCUT2D eigenvalue weighted by Gasteiger charge is 2.42. The molecule has 1 amide bonds. The first-order valence-electron chi connectivity index (χ1n) is 10.4. The van der Waals surface area contributed by atoms with Crippen LogP contribution in [0.4, 0.5) is 5.13 Å². The molecule has 6 nitrogen and oxygen atoms in total. The topological polar surface area (TPSA) is 71.5 Å². The lowest BCUT2D eigenvalue weighted by molar-refractivity contribution is -0.150. The molecular formula is C24H25N3O3S. The number of benzene rings is 2. The molecule has 0 radical (unpaired) electrons. The van der Waals surface area contributed by atoms with Crippen LogP contribution in [0.3, 0.4) is 0 Å². The van der Waals surface area contributed by atoms with E-state index in [9.17, 15) is 9.59 Å². The number of aromatic nitrogens is 1. The maximum absolute atomic E-state index is 13.1. The largest absolute Gasteiger partial charge is 0.466 e. The monoisotopic (exact) mass is 435 g/mol. The summed E-state index contributed by atoms with van der Waals surface area (Å²) in [5, 5.41) is 3.45. The normalized spacial score (nSPS) is 18.6. The van der Waals surface area contributed by atoms with Crippen LogP contribution in [-0.2, 0) is 20.9 Å². The fraction of sp³-hybridized carbons (Fsp3) is 0.292. The zero-order valence-electron chi connectivity index (χ0n) is 17.4. The third-order valence-corrected chi connectivity index (χ3v) is 6.33. The van der Waals surface area contributed by atoms with Crippen molar-refractivity contribution in [3.05, 3.63) is 72.4 Å². The number of carbonyl (C=O) groups excluding carboxylic acids is 2. The third kappa shape index (κ3) is 5.18. The van der Waals surface area contributed by atoms with E-state index < -0.39 is 11.8 Å². The molecule has 0 spiro atoms. The molecule has 7 heteroatoms. The average molecular weight is 436 g/mol. The van der Waals surface area contributed by atoms with Gasteiger partial charge in [-0.2, -0.15) is 0 Å². The summed E-state index contributed by atoms with van der Waals surface area (Å²) in [7, 11) is 0. The van der Waals surface area contributed by atoms with Gasteiger partial charge in [0.25, 0.3) is 0 Å². The van der Waals surface area contributed by atoms with E-state index in [-0.39, 0.29) is 11.9 Å². The van der Waals surface area contributed by atoms with Crippen molar-refractivity contribution in [3.63, 3.8) is 0 Å². The molecule has 0 unspecified atom stereocenters. The predicted molar refractivity (Wildman–Crippen MR) is 122 cm³/mol. The highest BCUT2D eigenvalue weighted by atomic mass is 32.1. The van der Waals surface area contributed by atoms with Crippen molar-refractivity contribution in [3.8, 4) is 10.4 Å². The Morgan fingerprint density at radius 3 is 2.45 bits per heavy atom. The highest BCUT2D eigenvalue weighted by Crippen LogP contribution is 2.31. The SMILES string of the molecule is CCOC(=O)[C@@H]1CN(Cc2ccccc2)C[C@H]1C(=O)Nc1ncc(-c2ccccc2)s1. The number of nitrogens with zero attached hydrogens (tertiary/aromatic N) is 2. The van der Waals surface area contributed by atoms with Crippen LogP contribution in [0, 0.1) is 11.8 Å². The summed E-state index contributed by atoms with van der Waals surface area (Å²) < 4.78 is 5.26. The van der Waals surface area contributed by atoms with Gasteiger partial charge < -0.3 is 10.1 Å². The molecule has 1 aliphatic heterocycles. The molecule has 2 atom stereocenters. The zero-order valence-corrected chi connectivity index (χ0v) is 18.2. The molecule has 0 aliphatic carbocycles. The van der Waals surface area contributed by atoms with E-state index >= 15 is 0 Å². The van der Waals surface area contributed by atoms with Crippen molar-refractivity contribution in [2.75, 3.05) is 25.0 Å². The second-order valence-corrected chi connectivity index (χ2v) is 8.56. The van der Waals surface area contributed by atoms with Crippen LogP contribution in [0.25, 0.3) is 10.4 Å². The van der Waals surface area contributed by atoms with Crippen molar-refractivity contribution in [2.45, 2.75) is 13.5 Å². The van der Waals surface area contributed by atoms with E-state index in [0.717, 1.165) is 16.0 Å². The summed E-state index contributed by atoms with van der Waals surface area (Å²) >= 11 is 1.42. The van der Waals surface area contributed by atoms with Gasteiger partial charge in [0.05, 0.1) is 23.3 Å². The van der Waals surface area contributed by atoms with Gasteiger partial charge >= 0.3 is 5.97 Å². The van der Waals surface area contributed by atoms with Crippen molar-refractivity contribution in [2.24, 2.45) is 11.8 Å². The third-order valence-electron chi connectivity index (χ3n) is 5.36. The first-order valence-corrected chi connectivity index (χ1v) is 11.2. The lowest BCUT2D eigenvalue weighted by atomic mass is 9.95. The molecule has 2 aromatic carbocycles. The molecule has 1 aromatic heterocycles. The minimum absolute atomic E-state index is 0.192. The second-order valence-electron chi connectivity index (χ2n) is 7.53. The molecule has 2 heterocycles. The van der Waals surface area contributed by atoms with E-state index in [0.29, 0.717) is 31.4 Å². The van der Waals surface area contributed by atoms with E-state index in [1.165, 1.54) is 11.3 Å². The summed E-state index contributed by atoms with van der Waals surface area (Å²) in [6.45, 7) is 3.77. The fourth-order valence-electron chi connectivity index (χ4n) is 3.88. The number of anilines is 1. The Kier molecular flexibility index (Phi) is 6.74. The molecule has 31 heavy (non-hydrogen) atoms. The van der Waals surface area contributed by atoms with E-state index in [1.54, 1.807) is 13.1 Å². The standard InChI is InChI=1S/C24H25N3O3S/c1-2-30-23(29)20-16-27(14-17-9-5-3-6-10-17)15-19(20)22(28)26-24-25-13-21(31-24)18-11-7-4-8-12-18/h3-13,19-20H,2,14-16H2,1H3,(H,25,26,28)/t19-,20-/m1/s1. The Balaban J connectivity index is 1.46. The van der Waals surface area contributed by atoms with Crippen molar-refractivity contribution in [1.82, 2.24) is 9.88 Å². The minimum Gasteiger partial charge on any atom is -0.466 e. The molecule has 3 aromatic rings. The van der Waals surface area contributed by atoms with Crippen LogP contribution in [0.2, 0.25) is 0 Å². The maximum atomic E-state index is 13.1. The van der Waals surface area contributed by atoms with E-state index in [1.807, 2.05) is 60.7 Å². The molecule has 0 saturated carbocycles. The van der Waals surface area contributed by atoms with Gasteiger partial charge in [-0.3, -0.25) is 14.5 Å². The quantitative estimate of drug-likeness (QED) is 0.567. The van der Waals surface area contributed by atoms with Crippen LogP contribution in [0.5, 0.6) is 0 Å². The number of hydrogen-bond donors (Lipinski definition) is 1. The summed E-state index contributed by atoms with van der Waals surface area (Å²) in [6.07, 6.45) is 1.76. The minimum atomic E-state index is -0.489. The van der Waals surface area contributed by atoms with Gasteiger partial charge in [-0.25, -0.2) is 4.98 Å². The van der Waals surface area contributed by atoms with Gasteiger partial charge in [0.1, 0.15) is 0 Å². The van der Waals surface area contributed by atoms with Gasteiger partial charge in [0.15, 0.2) is 5.13 Å². The maximum Gasteiger partial charge on any atom is 0.311 e. The number of rotatable bonds is 7. The number of amides is 1. The van der Waals surface area contributed by atoms with Crippen LogP contribution < -0.4 is 5.32 Å².